The third-order valence-corrected chi connectivity index (χ3v) is 4.47. The highest BCUT2D eigenvalue weighted by Gasteiger charge is 2.45. The molecule has 2 nitrogen and oxygen atoms in total. The largest absolute Gasteiger partial charge is 0.371 e. The minimum absolute atomic E-state index is 0.996. The summed E-state index contributed by atoms with van der Waals surface area (Å²) in [6, 6.07) is 6.67. The van der Waals surface area contributed by atoms with Gasteiger partial charge in [0, 0.05) is 18.8 Å². The van der Waals surface area contributed by atoms with Gasteiger partial charge in [0.05, 0.1) is 15.7 Å². The van der Waals surface area contributed by atoms with Crippen molar-refractivity contribution >= 4 is 27.2 Å². The molecule has 0 spiro atoms. The fourth-order valence-electron chi connectivity index (χ4n) is 2.65. The SMILES string of the molecule is c1nc2cc(N3C[C@H]4C[C@H]4C3)ccc2s1. The summed E-state index contributed by atoms with van der Waals surface area (Å²) in [6.07, 6.45) is 1.47. The Hall–Kier alpha value is -1.09. The van der Waals surface area contributed by atoms with Crippen LogP contribution in [0, 0.1) is 11.8 Å². The second-order valence-corrected chi connectivity index (χ2v) is 5.55. The van der Waals surface area contributed by atoms with E-state index in [4.69, 9.17) is 0 Å². The minimum atomic E-state index is 0.996. The van der Waals surface area contributed by atoms with E-state index < -0.39 is 0 Å². The lowest BCUT2D eigenvalue weighted by Crippen LogP contribution is -2.21. The molecule has 2 atom stereocenters. The van der Waals surface area contributed by atoms with E-state index in [-0.39, 0.29) is 0 Å². The number of thiazole rings is 1. The van der Waals surface area contributed by atoms with Crippen molar-refractivity contribution in [3.05, 3.63) is 23.7 Å². The van der Waals surface area contributed by atoms with Crippen molar-refractivity contribution in [1.29, 1.82) is 0 Å². The van der Waals surface area contributed by atoms with E-state index in [0.717, 1.165) is 17.4 Å². The van der Waals surface area contributed by atoms with E-state index in [1.165, 1.54) is 29.9 Å². The quantitative estimate of drug-likeness (QED) is 0.728. The molecule has 3 heteroatoms. The zero-order valence-electron chi connectivity index (χ0n) is 8.39. The van der Waals surface area contributed by atoms with Crippen LogP contribution in [0.1, 0.15) is 6.42 Å². The smallest absolute Gasteiger partial charge is 0.0832 e. The molecule has 1 saturated carbocycles. The molecule has 2 fully saturated rings. The summed E-state index contributed by atoms with van der Waals surface area (Å²) in [5.41, 5.74) is 4.44. The Bertz CT molecular complexity index is 509. The predicted molar refractivity (Wildman–Crippen MR) is 63.4 cm³/mol. The number of hydrogen-bond donors (Lipinski definition) is 0. The van der Waals surface area contributed by atoms with Gasteiger partial charge >= 0.3 is 0 Å². The van der Waals surface area contributed by atoms with Crippen LogP contribution in [-0.2, 0) is 0 Å². The van der Waals surface area contributed by atoms with Crippen LogP contribution >= 0.6 is 11.3 Å². The van der Waals surface area contributed by atoms with Gasteiger partial charge in [-0.05, 0) is 36.5 Å². The molecular formula is C12H12N2S. The Kier molecular flexibility index (Phi) is 1.47. The van der Waals surface area contributed by atoms with Crippen molar-refractivity contribution < 1.29 is 0 Å². The first-order valence-corrected chi connectivity index (χ1v) is 6.36. The van der Waals surface area contributed by atoms with Crippen molar-refractivity contribution in [2.24, 2.45) is 11.8 Å². The van der Waals surface area contributed by atoms with Crippen LogP contribution in [0.3, 0.4) is 0 Å². The molecule has 1 aliphatic carbocycles. The van der Waals surface area contributed by atoms with Crippen LogP contribution in [0.4, 0.5) is 5.69 Å². The van der Waals surface area contributed by atoms with Crippen molar-refractivity contribution in [1.82, 2.24) is 4.98 Å². The van der Waals surface area contributed by atoms with E-state index in [1.807, 2.05) is 5.51 Å². The predicted octanol–water partition coefficient (Wildman–Crippen LogP) is 2.75. The lowest BCUT2D eigenvalue weighted by atomic mass is 10.2. The van der Waals surface area contributed by atoms with Crippen molar-refractivity contribution in [3.63, 3.8) is 0 Å². The van der Waals surface area contributed by atoms with Crippen LogP contribution in [0.25, 0.3) is 10.2 Å². The molecule has 2 aromatic rings. The second-order valence-electron chi connectivity index (χ2n) is 4.67. The number of benzene rings is 1. The summed E-state index contributed by atoms with van der Waals surface area (Å²) < 4.78 is 1.29. The maximum Gasteiger partial charge on any atom is 0.0832 e. The molecule has 1 saturated heterocycles. The molecule has 0 bridgehead atoms. The molecule has 0 radical (unpaired) electrons. The van der Waals surface area contributed by atoms with Crippen LogP contribution in [0.15, 0.2) is 23.7 Å². The molecule has 76 valence electrons. The van der Waals surface area contributed by atoms with Crippen LogP contribution in [0.2, 0.25) is 0 Å². The van der Waals surface area contributed by atoms with Gasteiger partial charge in [-0.1, -0.05) is 0 Å². The summed E-state index contributed by atoms with van der Waals surface area (Å²) in [6.45, 7) is 2.53. The number of nitrogens with zero attached hydrogens (tertiary/aromatic N) is 2. The molecule has 4 rings (SSSR count). The highest BCUT2D eigenvalue weighted by molar-refractivity contribution is 7.16. The fourth-order valence-corrected chi connectivity index (χ4v) is 3.31. The molecule has 2 aliphatic rings. The Morgan fingerprint density at radius 3 is 3.00 bits per heavy atom. The number of anilines is 1. The fraction of sp³-hybridized carbons (Fsp3) is 0.417. The summed E-state index contributed by atoms with van der Waals surface area (Å²) in [5, 5.41) is 0. The van der Waals surface area contributed by atoms with E-state index in [2.05, 4.69) is 28.1 Å². The number of aromatic nitrogens is 1. The zero-order chi connectivity index (χ0) is 9.83. The Balaban J connectivity index is 1.74. The summed E-state index contributed by atoms with van der Waals surface area (Å²) in [4.78, 5) is 6.88. The Morgan fingerprint density at radius 2 is 2.13 bits per heavy atom. The van der Waals surface area contributed by atoms with Crippen LogP contribution in [-0.4, -0.2) is 18.1 Å². The van der Waals surface area contributed by atoms with Gasteiger partial charge in [-0.25, -0.2) is 4.98 Å². The van der Waals surface area contributed by atoms with Gasteiger partial charge in [0.2, 0.25) is 0 Å². The van der Waals surface area contributed by atoms with Crippen LogP contribution in [0.5, 0.6) is 0 Å². The molecule has 0 amide bonds. The van der Waals surface area contributed by atoms with Gasteiger partial charge in [0.1, 0.15) is 0 Å². The molecule has 15 heavy (non-hydrogen) atoms. The van der Waals surface area contributed by atoms with Gasteiger partial charge in [0.15, 0.2) is 0 Å². The lowest BCUT2D eigenvalue weighted by Gasteiger charge is -2.19. The number of piperidine rings is 1. The highest BCUT2D eigenvalue weighted by Crippen LogP contribution is 2.46. The summed E-state index contributed by atoms with van der Waals surface area (Å²) >= 11 is 1.72. The van der Waals surface area contributed by atoms with Gasteiger partial charge in [-0.15, -0.1) is 11.3 Å². The minimum Gasteiger partial charge on any atom is -0.371 e. The summed E-state index contributed by atoms with van der Waals surface area (Å²) in [7, 11) is 0. The Labute approximate surface area is 92.5 Å². The third-order valence-electron chi connectivity index (χ3n) is 3.66. The maximum atomic E-state index is 4.37. The third kappa shape index (κ3) is 1.19. The number of fused-ring (bicyclic) bond motifs is 2. The van der Waals surface area contributed by atoms with E-state index >= 15 is 0 Å². The maximum absolute atomic E-state index is 4.37. The Morgan fingerprint density at radius 1 is 1.27 bits per heavy atom. The second kappa shape index (κ2) is 2.73. The van der Waals surface area contributed by atoms with Crippen molar-refractivity contribution in [2.45, 2.75) is 6.42 Å². The van der Waals surface area contributed by atoms with Crippen LogP contribution < -0.4 is 4.90 Å². The lowest BCUT2D eigenvalue weighted by molar-refractivity contribution is 0.820. The molecule has 1 aromatic heterocycles. The van der Waals surface area contributed by atoms with E-state index in [1.54, 1.807) is 11.3 Å². The monoisotopic (exact) mass is 216 g/mol. The first kappa shape index (κ1) is 8.11. The number of hydrogen-bond acceptors (Lipinski definition) is 3. The average molecular weight is 216 g/mol. The number of rotatable bonds is 1. The van der Waals surface area contributed by atoms with Gasteiger partial charge in [0.25, 0.3) is 0 Å². The summed E-state index contributed by atoms with van der Waals surface area (Å²) in [5.74, 6) is 1.99. The molecular weight excluding hydrogens is 204 g/mol. The normalized spacial score (nSPS) is 28.4. The standard InChI is InChI=1S/C12H12N2S/c1-2-12-11(13-7-15-12)4-10(1)14-5-8-3-9(8)6-14/h1-2,4,7-9H,3,5-6H2/t8-,9+. The molecule has 1 aliphatic heterocycles. The molecule has 0 unspecified atom stereocenters. The van der Waals surface area contributed by atoms with Gasteiger partial charge in [-0.3, -0.25) is 0 Å². The van der Waals surface area contributed by atoms with Gasteiger partial charge < -0.3 is 4.90 Å². The van der Waals surface area contributed by atoms with Crippen molar-refractivity contribution in [2.75, 3.05) is 18.0 Å². The first-order chi connectivity index (χ1) is 7.40. The average Bonchev–Trinajstić information content (AvgIpc) is 2.73. The van der Waals surface area contributed by atoms with Crippen molar-refractivity contribution in [3.8, 4) is 0 Å². The van der Waals surface area contributed by atoms with E-state index in [0.29, 0.717) is 0 Å². The highest BCUT2D eigenvalue weighted by atomic mass is 32.1. The molecule has 0 N–H and O–H groups in total. The zero-order valence-corrected chi connectivity index (χ0v) is 9.20. The van der Waals surface area contributed by atoms with Gasteiger partial charge in [-0.2, -0.15) is 0 Å². The first-order valence-electron chi connectivity index (χ1n) is 5.48. The topological polar surface area (TPSA) is 16.1 Å². The molecule has 1 aromatic carbocycles. The molecule has 2 heterocycles. The van der Waals surface area contributed by atoms with E-state index in [9.17, 15) is 0 Å².